The first-order chi connectivity index (χ1) is 8.29. The molecule has 1 aromatic rings. The third-order valence-corrected chi connectivity index (χ3v) is 4.32. The predicted molar refractivity (Wildman–Crippen MR) is 73.7 cm³/mol. The SMILES string of the molecule is CCCN(Cc1cnc(Cl)s1)C1CCNCC1. The molecule has 5 heteroatoms. The highest BCUT2D eigenvalue weighted by molar-refractivity contribution is 7.15. The normalized spacial score (nSPS) is 17.8. The van der Waals surface area contributed by atoms with Gasteiger partial charge in [0.05, 0.1) is 0 Å². The first-order valence-corrected chi connectivity index (χ1v) is 7.54. The lowest BCUT2D eigenvalue weighted by atomic mass is 10.0. The average molecular weight is 274 g/mol. The summed E-state index contributed by atoms with van der Waals surface area (Å²) in [5, 5.41) is 3.42. The minimum atomic E-state index is 0.654. The standard InChI is InChI=1S/C12H20ClN3S/c1-2-7-16(10-3-5-14-6-4-10)9-11-8-15-12(13)17-11/h8,10,14H,2-7,9H2,1H3. The molecule has 2 rings (SSSR count). The zero-order valence-electron chi connectivity index (χ0n) is 10.3. The third kappa shape index (κ3) is 3.91. The van der Waals surface area contributed by atoms with Gasteiger partial charge in [-0.1, -0.05) is 18.5 Å². The van der Waals surface area contributed by atoms with Crippen molar-refractivity contribution in [3.63, 3.8) is 0 Å². The second-order valence-corrected chi connectivity index (χ2v) is 6.23. The van der Waals surface area contributed by atoms with E-state index in [-0.39, 0.29) is 0 Å². The Morgan fingerprint density at radius 2 is 2.29 bits per heavy atom. The summed E-state index contributed by atoms with van der Waals surface area (Å²) in [5.74, 6) is 0. The molecule has 1 aliphatic heterocycles. The van der Waals surface area contributed by atoms with E-state index in [2.05, 4.69) is 22.1 Å². The summed E-state index contributed by atoms with van der Waals surface area (Å²) in [7, 11) is 0. The summed E-state index contributed by atoms with van der Waals surface area (Å²) in [6.07, 6.45) is 5.63. The number of hydrogen-bond acceptors (Lipinski definition) is 4. The van der Waals surface area contributed by atoms with Gasteiger partial charge >= 0.3 is 0 Å². The molecule has 0 bridgehead atoms. The molecule has 0 amide bonds. The van der Waals surface area contributed by atoms with Crippen molar-refractivity contribution >= 4 is 22.9 Å². The molecule has 1 N–H and O–H groups in total. The summed E-state index contributed by atoms with van der Waals surface area (Å²) in [6, 6.07) is 0.720. The fourth-order valence-electron chi connectivity index (χ4n) is 2.41. The molecule has 1 fully saturated rings. The number of hydrogen-bond donors (Lipinski definition) is 1. The lowest BCUT2D eigenvalue weighted by Gasteiger charge is -2.34. The van der Waals surface area contributed by atoms with Crippen LogP contribution in [0.3, 0.4) is 0 Å². The molecule has 96 valence electrons. The molecule has 1 aliphatic rings. The van der Waals surface area contributed by atoms with E-state index >= 15 is 0 Å². The Morgan fingerprint density at radius 1 is 1.53 bits per heavy atom. The lowest BCUT2D eigenvalue weighted by molar-refractivity contribution is 0.155. The Labute approximate surface area is 112 Å². The first-order valence-electron chi connectivity index (χ1n) is 6.34. The van der Waals surface area contributed by atoms with Gasteiger partial charge in [-0.25, -0.2) is 4.98 Å². The Kier molecular flexibility index (Phi) is 5.22. The van der Waals surface area contributed by atoms with Crippen LogP contribution >= 0.6 is 22.9 Å². The van der Waals surface area contributed by atoms with Gasteiger partial charge < -0.3 is 5.32 Å². The Bertz CT molecular complexity index is 336. The van der Waals surface area contributed by atoms with Crippen LogP contribution in [0.15, 0.2) is 6.20 Å². The molecule has 2 heterocycles. The number of halogens is 1. The van der Waals surface area contributed by atoms with Crippen molar-refractivity contribution in [2.45, 2.75) is 38.8 Å². The molecule has 1 saturated heterocycles. The summed E-state index contributed by atoms with van der Waals surface area (Å²) >= 11 is 7.49. The van der Waals surface area contributed by atoms with E-state index in [1.165, 1.54) is 30.7 Å². The molecular weight excluding hydrogens is 254 g/mol. The van der Waals surface area contributed by atoms with E-state index in [4.69, 9.17) is 11.6 Å². The maximum absolute atomic E-state index is 5.89. The molecule has 0 spiro atoms. The first kappa shape index (κ1) is 13.3. The fourth-order valence-corrected chi connectivity index (χ4v) is 3.41. The fraction of sp³-hybridized carbons (Fsp3) is 0.750. The number of piperidine rings is 1. The zero-order chi connectivity index (χ0) is 12.1. The smallest absolute Gasteiger partial charge is 0.183 e. The number of rotatable bonds is 5. The van der Waals surface area contributed by atoms with Crippen molar-refractivity contribution in [1.29, 1.82) is 0 Å². The summed E-state index contributed by atoms with van der Waals surface area (Å²) in [5.41, 5.74) is 0. The van der Waals surface area contributed by atoms with Crippen molar-refractivity contribution < 1.29 is 0 Å². The van der Waals surface area contributed by atoms with Crippen LogP contribution in [0.4, 0.5) is 0 Å². The van der Waals surface area contributed by atoms with Gasteiger partial charge in [0, 0.05) is 23.7 Å². The summed E-state index contributed by atoms with van der Waals surface area (Å²) in [6.45, 7) is 6.71. The number of thiazole rings is 1. The molecular formula is C12H20ClN3S. The molecule has 0 aromatic carbocycles. The van der Waals surface area contributed by atoms with Gasteiger partial charge in [0.2, 0.25) is 0 Å². The van der Waals surface area contributed by atoms with Gasteiger partial charge in [0.1, 0.15) is 0 Å². The molecule has 0 atom stereocenters. The van der Waals surface area contributed by atoms with Crippen LogP contribution in [0.25, 0.3) is 0 Å². The monoisotopic (exact) mass is 273 g/mol. The van der Waals surface area contributed by atoms with Crippen LogP contribution in [-0.4, -0.2) is 35.6 Å². The van der Waals surface area contributed by atoms with Crippen LogP contribution < -0.4 is 5.32 Å². The van der Waals surface area contributed by atoms with Crippen molar-refractivity contribution in [3.8, 4) is 0 Å². The van der Waals surface area contributed by atoms with Gasteiger partial charge in [0.25, 0.3) is 0 Å². The number of aromatic nitrogens is 1. The minimum absolute atomic E-state index is 0.654. The van der Waals surface area contributed by atoms with Gasteiger partial charge in [-0.3, -0.25) is 4.90 Å². The molecule has 0 unspecified atom stereocenters. The Hall–Kier alpha value is -0.160. The topological polar surface area (TPSA) is 28.2 Å². The summed E-state index contributed by atoms with van der Waals surface area (Å²) in [4.78, 5) is 7.99. The maximum atomic E-state index is 5.89. The van der Waals surface area contributed by atoms with Gasteiger partial charge in [0.15, 0.2) is 4.47 Å². The lowest BCUT2D eigenvalue weighted by Crippen LogP contribution is -2.42. The predicted octanol–water partition coefficient (Wildman–Crippen LogP) is 2.76. The highest BCUT2D eigenvalue weighted by Crippen LogP contribution is 2.22. The molecule has 1 aromatic heterocycles. The molecule has 0 radical (unpaired) electrons. The highest BCUT2D eigenvalue weighted by Gasteiger charge is 2.20. The maximum Gasteiger partial charge on any atom is 0.183 e. The second-order valence-electron chi connectivity index (χ2n) is 4.53. The van der Waals surface area contributed by atoms with Crippen LogP contribution in [-0.2, 0) is 6.54 Å². The number of nitrogens with one attached hydrogen (secondary N) is 1. The highest BCUT2D eigenvalue weighted by atomic mass is 35.5. The molecule has 0 aliphatic carbocycles. The number of nitrogens with zero attached hydrogens (tertiary/aromatic N) is 2. The second kappa shape index (κ2) is 6.69. The van der Waals surface area contributed by atoms with Crippen molar-refractivity contribution in [1.82, 2.24) is 15.2 Å². The average Bonchev–Trinajstić information content (AvgIpc) is 2.75. The van der Waals surface area contributed by atoms with Crippen molar-refractivity contribution in [2.24, 2.45) is 0 Å². The van der Waals surface area contributed by atoms with Gasteiger partial charge in [-0.05, 0) is 38.9 Å². The van der Waals surface area contributed by atoms with E-state index in [9.17, 15) is 0 Å². The quantitative estimate of drug-likeness (QED) is 0.894. The Balaban J connectivity index is 1.95. The van der Waals surface area contributed by atoms with Crippen molar-refractivity contribution in [2.75, 3.05) is 19.6 Å². The summed E-state index contributed by atoms with van der Waals surface area (Å²) < 4.78 is 0.654. The van der Waals surface area contributed by atoms with Gasteiger partial charge in [-0.2, -0.15) is 0 Å². The van der Waals surface area contributed by atoms with Crippen LogP contribution in [0, 0.1) is 0 Å². The van der Waals surface area contributed by atoms with E-state index in [0.717, 1.165) is 25.7 Å². The van der Waals surface area contributed by atoms with Crippen molar-refractivity contribution in [3.05, 3.63) is 15.5 Å². The Morgan fingerprint density at radius 3 is 2.88 bits per heavy atom. The van der Waals surface area contributed by atoms with Crippen LogP contribution in [0.1, 0.15) is 31.1 Å². The van der Waals surface area contributed by atoms with Crippen LogP contribution in [0.2, 0.25) is 4.47 Å². The molecule has 3 nitrogen and oxygen atoms in total. The van der Waals surface area contributed by atoms with Crippen LogP contribution in [0.5, 0.6) is 0 Å². The van der Waals surface area contributed by atoms with E-state index in [1.807, 2.05) is 6.20 Å². The van der Waals surface area contributed by atoms with E-state index in [0.29, 0.717) is 4.47 Å². The third-order valence-electron chi connectivity index (χ3n) is 3.22. The van der Waals surface area contributed by atoms with Gasteiger partial charge in [-0.15, -0.1) is 11.3 Å². The largest absolute Gasteiger partial charge is 0.317 e. The molecule has 17 heavy (non-hydrogen) atoms. The zero-order valence-corrected chi connectivity index (χ0v) is 11.9. The van der Waals surface area contributed by atoms with E-state index in [1.54, 1.807) is 11.3 Å². The van der Waals surface area contributed by atoms with E-state index < -0.39 is 0 Å². The minimum Gasteiger partial charge on any atom is -0.317 e. The molecule has 0 saturated carbocycles.